The molecule has 0 spiro atoms. The summed E-state index contributed by atoms with van der Waals surface area (Å²) in [5.41, 5.74) is 2.79. The molecular weight excluding hydrogens is 458 g/mol. The molecule has 2 amide bonds. The van der Waals surface area contributed by atoms with E-state index in [2.05, 4.69) is 10.2 Å². The number of ether oxygens (including phenoxy) is 2. The van der Waals surface area contributed by atoms with Gasteiger partial charge in [-0.15, -0.1) is 0 Å². The number of anilines is 1. The highest BCUT2D eigenvalue weighted by atomic mass is 16.5. The van der Waals surface area contributed by atoms with Crippen molar-refractivity contribution in [1.82, 2.24) is 10.2 Å². The van der Waals surface area contributed by atoms with Crippen LogP contribution in [-0.2, 0) is 19.1 Å². The maximum atomic E-state index is 13.4. The van der Waals surface area contributed by atoms with Gasteiger partial charge in [0.15, 0.2) is 0 Å². The molecule has 2 fully saturated rings. The maximum Gasteiger partial charge on any atom is 0.325 e. The molecule has 1 saturated carbocycles. The average Bonchev–Trinajstić information content (AvgIpc) is 3.19. The summed E-state index contributed by atoms with van der Waals surface area (Å²) in [4.78, 5) is 41.8. The zero-order valence-electron chi connectivity index (χ0n) is 22.0. The van der Waals surface area contributed by atoms with Gasteiger partial charge in [-0.1, -0.05) is 0 Å². The van der Waals surface area contributed by atoms with Crippen LogP contribution in [0.2, 0.25) is 0 Å². The summed E-state index contributed by atoms with van der Waals surface area (Å²) in [6.07, 6.45) is 5.48. The van der Waals surface area contributed by atoms with E-state index in [9.17, 15) is 14.4 Å². The van der Waals surface area contributed by atoms with Crippen LogP contribution in [0.15, 0.2) is 18.2 Å². The summed E-state index contributed by atoms with van der Waals surface area (Å²) in [6, 6.07) is 6.09. The normalized spacial score (nSPS) is 23.5. The SMILES string of the molecule is CCNC(=O)CN(CC)C(=O)c1ccc2c(c1)C1CC(C3CCOCC3)CCC1N2CC(=O)OCC. The van der Waals surface area contributed by atoms with Crippen molar-refractivity contribution in [3.05, 3.63) is 29.3 Å². The molecule has 8 nitrogen and oxygen atoms in total. The number of hydrogen-bond acceptors (Lipinski definition) is 6. The highest BCUT2D eigenvalue weighted by molar-refractivity contribution is 5.97. The summed E-state index contributed by atoms with van der Waals surface area (Å²) >= 11 is 0. The molecule has 1 aliphatic carbocycles. The van der Waals surface area contributed by atoms with Gasteiger partial charge in [0.05, 0.1) is 13.2 Å². The summed E-state index contributed by atoms with van der Waals surface area (Å²) in [5.74, 6) is 1.09. The van der Waals surface area contributed by atoms with E-state index < -0.39 is 0 Å². The van der Waals surface area contributed by atoms with E-state index in [0.717, 1.165) is 56.6 Å². The Balaban J connectivity index is 1.60. The Morgan fingerprint density at radius 3 is 2.56 bits per heavy atom. The first-order valence-electron chi connectivity index (χ1n) is 13.7. The number of likely N-dealkylation sites (N-methyl/N-ethyl adjacent to an activating group) is 2. The number of hydrogen-bond donors (Lipinski definition) is 1. The lowest BCUT2D eigenvalue weighted by Gasteiger charge is -2.40. The van der Waals surface area contributed by atoms with Gasteiger partial charge in [0, 0.05) is 49.5 Å². The Kier molecular flexibility index (Phi) is 8.88. The Morgan fingerprint density at radius 1 is 1.08 bits per heavy atom. The minimum Gasteiger partial charge on any atom is -0.465 e. The fourth-order valence-electron chi connectivity index (χ4n) is 6.42. The molecule has 36 heavy (non-hydrogen) atoms. The largest absolute Gasteiger partial charge is 0.465 e. The molecule has 1 aromatic rings. The van der Waals surface area contributed by atoms with Crippen LogP contribution >= 0.6 is 0 Å². The molecule has 8 heteroatoms. The fraction of sp³-hybridized carbons (Fsp3) is 0.679. The van der Waals surface area contributed by atoms with Crippen LogP contribution in [0.5, 0.6) is 0 Å². The molecule has 2 heterocycles. The number of fused-ring (bicyclic) bond motifs is 3. The molecule has 1 N–H and O–H groups in total. The first-order valence-corrected chi connectivity index (χ1v) is 13.7. The molecule has 3 aliphatic rings. The number of carbonyl (C=O) groups excluding carboxylic acids is 3. The van der Waals surface area contributed by atoms with Crippen LogP contribution in [0, 0.1) is 11.8 Å². The number of amides is 2. The predicted molar refractivity (Wildman–Crippen MR) is 138 cm³/mol. The van der Waals surface area contributed by atoms with E-state index in [-0.39, 0.29) is 42.8 Å². The minimum absolute atomic E-state index is 0.0487. The number of esters is 1. The smallest absolute Gasteiger partial charge is 0.325 e. The van der Waals surface area contributed by atoms with Crippen LogP contribution in [0.3, 0.4) is 0 Å². The van der Waals surface area contributed by atoms with Gasteiger partial charge in [-0.2, -0.15) is 0 Å². The maximum absolute atomic E-state index is 13.4. The molecule has 1 saturated heterocycles. The third-order valence-electron chi connectivity index (χ3n) is 8.15. The highest BCUT2D eigenvalue weighted by Crippen LogP contribution is 2.51. The molecule has 2 aliphatic heterocycles. The fourth-order valence-corrected chi connectivity index (χ4v) is 6.42. The first-order chi connectivity index (χ1) is 17.5. The van der Waals surface area contributed by atoms with Crippen LogP contribution in [0.4, 0.5) is 5.69 Å². The number of nitrogens with one attached hydrogen (secondary N) is 1. The van der Waals surface area contributed by atoms with Crippen molar-refractivity contribution in [3.8, 4) is 0 Å². The number of benzene rings is 1. The molecule has 198 valence electrons. The molecule has 4 rings (SSSR count). The van der Waals surface area contributed by atoms with E-state index in [0.29, 0.717) is 37.1 Å². The van der Waals surface area contributed by atoms with Gasteiger partial charge in [-0.25, -0.2) is 0 Å². The second-order valence-electron chi connectivity index (χ2n) is 10.2. The number of carbonyl (C=O) groups is 3. The molecule has 0 aromatic heterocycles. The topological polar surface area (TPSA) is 88.2 Å². The minimum atomic E-state index is -0.213. The molecule has 1 aromatic carbocycles. The van der Waals surface area contributed by atoms with E-state index in [1.807, 2.05) is 39.0 Å². The number of nitrogens with zero attached hydrogens (tertiary/aromatic N) is 2. The standard InChI is InChI=1S/C28H41N3O5/c1-4-29-26(32)17-30(5-2)28(34)21-8-10-25-23(16-21)22-15-20(19-11-13-35-14-12-19)7-9-24(22)31(25)18-27(33)36-6-3/h8,10,16,19-20,22,24H,4-7,9,11-15,17-18H2,1-3H3,(H,29,32). The predicted octanol–water partition coefficient (Wildman–Crippen LogP) is 3.35. The molecule has 3 unspecified atom stereocenters. The molecule has 0 bridgehead atoms. The average molecular weight is 500 g/mol. The lowest BCUT2D eigenvalue weighted by molar-refractivity contribution is -0.141. The molecular formula is C28H41N3O5. The van der Waals surface area contributed by atoms with Crippen molar-refractivity contribution in [2.24, 2.45) is 11.8 Å². The van der Waals surface area contributed by atoms with Crippen LogP contribution in [0.1, 0.15) is 74.7 Å². The molecule has 0 radical (unpaired) electrons. The Bertz CT molecular complexity index is 945. The summed E-state index contributed by atoms with van der Waals surface area (Å²) in [6.45, 7) is 8.92. The van der Waals surface area contributed by atoms with Gasteiger partial charge in [0.25, 0.3) is 5.91 Å². The van der Waals surface area contributed by atoms with Gasteiger partial charge < -0.3 is 24.6 Å². The van der Waals surface area contributed by atoms with Gasteiger partial charge >= 0.3 is 5.97 Å². The third kappa shape index (κ3) is 5.69. The lowest BCUT2D eigenvalue weighted by atomic mass is 9.70. The van der Waals surface area contributed by atoms with E-state index in [1.165, 1.54) is 0 Å². The van der Waals surface area contributed by atoms with Gasteiger partial charge in [0.2, 0.25) is 5.91 Å². The van der Waals surface area contributed by atoms with Crippen molar-refractivity contribution in [2.45, 2.75) is 64.8 Å². The lowest BCUT2D eigenvalue weighted by Crippen LogP contribution is -2.42. The molecule has 3 atom stereocenters. The van der Waals surface area contributed by atoms with E-state index in [1.54, 1.807) is 4.90 Å². The van der Waals surface area contributed by atoms with Gasteiger partial charge in [0.1, 0.15) is 6.54 Å². The van der Waals surface area contributed by atoms with Crippen molar-refractivity contribution in [2.75, 3.05) is 50.9 Å². The quantitative estimate of drug-likeness (QED) is 0.525. The zero-order chi connectivity index (χ0) is 25.7. The van der Waals surface area contributed by atoms with Crippen molar-refractivity contribution >= 4 is 23.5 Å². The summed E-state index contributed by atoms with van der Waals surface area (Å²) < 4.78 is 10.9. The van der Waals surface area contributed by atoms with Crippen LogP contribution in [-0.4, -0.2) is 74.7 Å². The zero-order valence-corrected chi connectivity index (χ0v) is 22.0. The monoisotopic (exact) mass is 499 g/mol. The van der Waals surface area contributed by atoms with Crippen molar-refractivity contribution < 1.29 is 23.9 Å². The second kappa shape index (κ2) is 12.1. The highest BCUT2D eigenvalue weighted by Gasteiger charge is 2.45. The van der Waals surface area contributed by atoms with Crippen molar-refractivity contribution in [1.29, 1.82) is 0 Å². The Morgan fingerprint density at radius 2 is 1.86 bits per heavy atom. The summed E-state index contributed by atoms with van der Waals surface area (Å²) in [7, 11) is 0. The number of rotatable bonds is 9. The summed E-state index contributed by atoms with van der Waals surface area (Å²) in [5, 5.41) is 2.77. The second-order valence-corrected chi connectivity index (χ2v) is 10.2. The van der Waals surface area contributed by atoms with E-state index >= 15 is 0 Å². The van der Waals surface area contributed by atoms with Gasteiger partial charge in [-0.05, 0) is 88.5 Å². The van der Waals surface area contributed by atoms with E-state index in [4.69, 9.17) is 9.47 Å². The third-order valence-corrected chi connectivity index (χ3v) is 8.15. The van der Waals surface area contributed by atoms with Crippen LogP contribution < -0.4 is 10.2 Å². The Hall–Kier alpha value is -2.61. The Labute approximate surface area is 214 Å². The first kappa shape index (κ1) is 26.5. The van der Waals surface area contributed by atoms with Gasteiger partial charge in [-0.3, -0.25) is 14.4 Å². The van der Waals surface area contributed by atoms with Crippen LogP contribution in [0.25, 0.3) is 0 Å². The van der Waals surface area contributed by atoms with Crippen molar-refractivity contribution in [3.63, 3.8) is 0 Å².